The van der Waals surface area contributed by atoms with Crippen molar-refractivity contribution >= 4 is 15.9 Å². The van der Waals surface area contributed by atoms with E-state index in [1.165, 1.54) is 12.1 Å². The number of hydrogen-bond donors (Lipinski definition) is 0. The summed E-state index contributed by atoms with van der Waals surface area (Å²) in [7, 11) is 0. The molecule has 0 amide bonds. The van der Waals surface area contributed by atoms with Crippen LogP contribution in [0.2, 0.25) is 0 Å². The number of halogens is 4. The zero-order valence-corrected chi connectivity index (χ0v) is 12.8. The predicted octanol–water partition coefficient (Wildman–Crippen LogP) is 6.39. The highest BCUT2D eigenvalue weighted by molar-refractivity contribution is 9.10. The van der Waals surface area contributed by atoms with Crippen LogP contribution in [0.3, 0.4) is 0 Å². The highest BCUT2D eigenvalue weighted by Gasteiger charge is 2.30. The van der Waals surface area contributed by atoms with Crippen LogP contribution in [0.5, 0.6) is 0 Å². The molecule has 0 fully saturated rings. The second kappa shape index (κ2) is 5.65. The maximum Gasteiger partial charge on any atom is 0.416 e. The van der Waals surface area contributed by atoms with E-state index in [0.29, 0.717) is 21.6 Å². The fourth-order valence-corrected chi connectivity index (χ4v) is 2.64. The molecule has 0 aliphatic carbocycles. The Morgan fingerprint density at radius 2 is 1.45 bits per heavy atom. The van der Waals surface area contributed by atoms with Crippen molar-refractivity contribution in [1.29, 1.82) is 0 Å². The molecule has 3 rings (SSSR count). The van der Waals surface area contributed by atoms with Gasteiger partial charge >= 0.3 is 6.18 Å². The van der Waals surface area contributed by atoms with Crippen LogP contribution in [-0.4, -0.2) is 0 Å². The van der Waals surface area contributed by atoms with Crippen LogP contribution in [-0.2, 0) is 6.18 Å². The smallest absolute Gasteiger partial charge is 0.416 e. The largest absolute Gasteiger partial charge is 0.455 e. The van der Waals surface area contributed by atoms with E-state index in [9.17, 15) is 13.2 Å². The first-order valence-electron chi connectivity index (χ1n) is 6.47. The summed E-state index contributed by atoms with van der Waals surface area (Å²) in [5, 5.41) is 0. The van der Waals surface area contributed by atoms with E-state index in [4.69, 9.17) is 4.42 Å². The van der Waals surface area contributed by atoms with E-state index in [2.05, 4.69) is 15.9 Å². The Labute approximate surface area is 133 Å². The van der Waals surface area contributed by atoms with Crippen molar-refractivity contribution in [3.8, 4) is 22.6 Å². The first-order valence-corrected chi connectivity index (χ1v) is 7.27. The number of rotatable bonds is 2. The maximum atomic E-state index is 12.6. The fraction of sp³-hybridized carbons (Fsp3) is 0.0588. The van der Waals surface area contributed by atoms with Gasteiger partial charge in [0.2, 0.25) is 0 Å². The lowest BCUT2D eigenvalue weighted by Gasteiger charge is -2.06. The van der Waals surface area contributed by atoms with Gasteiger partial charge in [-0.05, 0) is 34.1 Å². The maximum absolute atomic E-state index is 12.6. The van der Waals surface area contributed by atoms with Crippen molar-refractivity contribution in [2.45, 2.75) is 6.18 Å². The number of hydrogen-bond acceptors (Lipinski definition) is 1. The van der Waals surface area contributed by atoms with E-state index in [-0.39, 0.29) is 0 Å². The van der Waals surface area contributed by atoms with E-state index in [1.54, 1.807) is 0 Å². The third kappa shape index (κ3) is 2.95. The highest BCUT2D eigenvalue weighted by Crippen LogP contribution is 2.37. The van der Waals surface area contributed by atoms with E-state index >= 15 is 0 Å². The monoisotopic (exact) mass is 366 g/mol. The van der Waals surface area contributed by atoms with Crippen molar-refractivity contribution < 1.29 is 17.6 Å². The summed E-state index contributed by atoms with van der Waals surface area (Å²) in [4.78, 5) is 0. The minimum Gasteiger partial charge on any atom is -0.455 e. The van der Waals surface area contributed by atoms with Gasteiger partial charge in [0, 0.05) is 11.1 Å². The highest BCUT2D eigenvalue weighted by atomic mass is 79.9. The van der Waals surface area contributed by atoms with Gasteiger partial charge in [-0.3, -0.25) is 0 Å². The first kappa shape index (κ1) is 14.9. The molecule has 22 heavy (non-hydrogen) atoms. The minimum absolute atomic E-state index is 0.507. The molecule has 0 unspecified atom stereocenters. The van der Waals surface area contributed by atoms with Crippen LogP contribution in [0.25, 0.3) is 22.6 Å². The van der Waals surface area contributed by atoms with Crippen LogP contribution < -0.4 is 0 Å². The third-order valence-electron chi connectivity index (χ3n) is 3.22. The summed E-state index contributed by atoms with van der Waals surface area (Å²) >= 11 is 3.39. The van der Waals surface area contributed by atoms with Gasteiger partial charge in [0.05, 0.1) is 10.0 Å². The summed E-state index contributed by atoms with van der Waals surface area (Å²) in [6, 6.07) is 16.2. The lowest BCUT2D eigenvalue weighted by atomic mass is 10.1. The van der Waals surface area contributed by atoms with Crippen LogP contribution in [0, 0.1) is 0 Å². The van der Waals surface area contributed by atoms with E-state index in [0.717, 1.165) is 17.7 Å². The van der Waals surface area contributed by atoms with Gasteiger partial charge in [-0.2, -0.15) is 13.2 Å². The second-order valence-electron chi connectivity index (χ2n) is 4.73. The van der Waals surface area contributed by atoms with Crippen molar-refractivity contribution in [2.24, 2.45) is 0 Å². The molecular formula is C17H10BrF3O. The summed E-state index contributed by atoms with van der Waals surface area (Å²) in [5.41, 5.74) is 0.811. The van der Waals surface area contributed by atoms with Crippen molar-refractivity contribution in [3.63, 3.8) is 0 Å². The Bertz CT molecular complexity index is 774. The Kier molecular flexibility index (Phi) is 3.83. The molecule has 0 saturated carbocycles. The summed E-state index contributed by atoms with van der Waals surface area (Å²) in [6.45, 7) is 0. The Morgan fingerprint density at radius 3 is 2.05 bits per heavy atom. The predicted molar refractivity (Wildman–Crippen MR) is 82.3 cm³/mol. The average molecular weight is 367 g/mol. The molecule has 0 saturated heterocycles. The van der Waals surface area contributed by atoms with Crippen LogP contribution in [0.4, 0.5) is 13.2 Å². The van der Waals surface area contributed by atoms with E-state index < -0.39 is 11.7 Å². The van der Waals surface area contributed by atoms with Gasteiger partial charge in [0.25, 0.3) is 0 Å². The third-order valence-corrected chi connectivity index (χ3v) is 3.81. The Hall–Kier alpha value is -2.01. The van der Waals surface area contributed by atoms with Crippen molar-refractivity contribution in [3.05, 3.63) is 70.7 Å². The lowest BCUT2D eigenvalue weighted by Crippen LogP contribution is -2.03. The number of furan rings is 1. The first-order chi connectivity index (χ1) is 10.4. The quantitative estimate of drug-likeness (QED) is 0.511. The summed E-state index contributed by atoms with van der Waals surface area (Å²) in [6.07, 6.45) is -4.34. The molecule has 1 heterocycles. The zero-order chi connectivity index (χ0) is 15.7. The van der Waals surface area contributed by atoms with E-state index in [1.807, 2.05) is 36.4 Å². The van der Waals surface area contributed by atoms with Gasteiger partial charge in [0.1, 0.15) is 11.5 Å². The molecule has 0 radical (unpaired) electrons. The fourth-order valence-electron chi connectivity index (χ4n) is 2.12. The van der Waals surface area contributed by atoms with Gasteiger partial charge in [-0.25, -0.2) is 0 Å². The molecule has 3 aromatic rings. The molecule has 2 aromatic carbocycles. The van der Waals surface area contributed by atoms with Crippen LogP contribution >= 0.6 is 15.9 Å². The van der Waals surface area contributed by atoms with Gasteiger partial charge in [0.15, 0.2) is 0 Å². The Morgan fingerprint density at radius 1 is 0.818 bits per heavy atom. The molecule has 0 N–H and O–H groups in total. The molecule has 1 aromatic heterocycles. The zero-order valence-electron chi connectivity index (χ0n) is 11.2. The van der Waals surface area contributed by atoms with Crippen LogP contribution in [0.15, 0.2) is 69.6 Å². The molecule has 0 aliphatic heterocycles. The molecular weight excluding hydrogens is 357 g/mol. The van der Waals surface area contributed by atoms with Crippen LogP contribution in [0.1, 0.15) is 5.56 Å². The molecule has 0 aliphatic rings. The van der Waals surface area contributed by atoms with Gasteiger partial charge < -0.3 is 4.42 Å². The van der Waals surface area contributed by atoms with Crippen molar-refractivity contribution in [2.75, 3.05) is 0 Å². The summed E-state index contributed by atoms with van der Waals surface area (Å²) < 4.78 is 44.3. The lowest BCUT2D eigenvalue weighted by molar-refractivity contribution is -0.137. The molecule has 0 spiro atoms. The standard InChI is InChI=1S/C17H10BrF3O/c18-14-10-15(11-4-2-1-3-5-11)22-16(14)12-6-8-13(9-7-12)17(19,20)21/h1-10H. The topological polar surface area (TPSA) is 13.1 Å². The number of benzene rings is 2. The number of alkyl halides is 3. The SMILES string of the molecule is FC(F)(F)c1ccc(-c2oc(-c3ccccc3)cc2Br)cc1. The van der Waals surface area contributed by atoms with Crippen molar-refractivity contribution in [1.82, 2.24) is 0 Å². The molecule has 0 bridgehead atoms. The molecule has 0 atom stereocenters. The normalized spacial score (nSPS) is 11.6. The van der Waals surface area contributed by atoms with Gasteiger partial charge in [-0.15, -0.1) is 0 Å². The Balaban J connectivity index is 1.98. The minimum atomic E-state index is -4.34. The van der Waals surface area contributed by atoms with Gasteiger partial charge in [-0.1, -0.05) is 42.5 Å². The molecule has 5 heteroatoms. The summed E-state index contributed by atoms with van der Waals surface area (Å²) in [5.74, 6) is 1.16. The molecule has 112 valence electrons. The average Bonchev–Trinajstić information content (AvgIpc) is 2.89. The molecule has 1 nitrogen and oxygen atoms in total. The second-order valence-corrected chi connectivity index (χ2v) is 5.58.